The molecule has 0 N–H and O–H groups in total. The van der Waals surface area contributed by atoms with Gasteiger partial charge in [-0.15, -0.1) is 11.8 Å². The average molecular weight is 408 g/mol. The number of allylic oxidation sites excluding steroid dienone is 12. The lowest BCUT2D eigenvalue weighted by Crippen LogP contribution is -2.03. The van der Waals surface area contributed by atoms with Crippen LogP contribution in [-0.4, -0.2) is 40.7 Å². The first kappa shape index (κ1) is 17.4. The third-order valence-electron chi connectivity index (χ3n) is 5.07. The Morgan fingerprint density at radius 3 is 1.80 bits per heavy atom. The van der Waals surface area contributed by atoms with E-state index in [1.165, 1.54) is 4.91 Å². The average Bonchev–Trinajstić information content (AvgIpc) is 3.51. The van der Waals surface area contributed by atoms with E-state index in [0.717, 1.165) is 57.1 Å². The Kier molecular flexibility index (Phi) is 3.92. The van der Waals surface area contributed by atoms with Crippen LogP contribution in [0.2, 0.25) is 0 Å². The molecule has 8 bridgehead atoms. The van der Waals surface area contributed by atoms with Gasteiger partial charge in [0.1, 0.15) is 0 Å². The van der Waals surface area contributed by atoms with Crippen LogP contribution in [0.5, 0.6) is 0 Å². The van der Waals surface area contributed by atoms with Gasteiger partial charge in [0, 0.05) is 23.7 Å². The van der Waals surface area contributed by atoms with Gasteiger partial charge in [0.25, 0.3) is 0 Å². The lowest BCUT2D eigenvalue weighted by atomic mass is 10.1. The van der Waals surface area contributed by atoms with Crippen molar-refractivity contribution < 1.29 is 0 Å². The SMILES string of the molecule is CN1C=C(C2=CC3=CC4=NC(=CC5=NC(=CC6=NC(=CC2=N3)C=C6)C=C5)C=C4)SC1. The van der Waals surface area contributed by atoms with Crippen LogP contribution in [0.3, 0.4) is 0 Å². The molecule has 0 aromatic carbocycles. The first-order valence-electron chi connectivity index (χ1n) is 9.71. The number of thioether (sulfide) groups is 1. The highest BCUT2D eigenvalue weighted by Crippen LogP contribution is 2.36. The van der Waals surface area contributed by atoms with E-state index in [4.69, 9.17) is 15.0 Å². The topological polar surface area (TPSA) is 52.7 Å². The quantitative estimate of drug-likeness (QED) is 0.646. The number of aliphatic imine (C=N–C) groups is 4. The fourth-order valence-corrected chi connectivity index (χ4v) is 4.68. The van der Waals surface area contributed by atoms with Crippen LogP contribution in [0, 0.1) is 0 Å². The molecule has 0 fully saturated rings. The molecule has 0 saturated carbocycles. The maximum atomic E-state index is 4.89. The summed E-state index contributed by atoms with van der Waals surface area (Å²) in [7, 11) is 2.09. The van der Waals surface area contributed by atoms with Crippen molar-refractivity contribution in [1.29, 1.82) is 0 Å². The van der Waals surface area contributed by atoms with Crippen molar-refractivity contribution >= 4 is 34.6 Å². The van der Waals surface area contributed by atoms with E-state index in [2.05, 4.69) is 35.3 Å². The molecule has 0 radical (unpaired) electrons. The zero-order valence-corrected chi connectivity index (χ0v) is 17.1. The molecule has 6 heterocycles. The Morgan fingerprint density at radius 1 is 0.667 bits per heavy atom. The van der Waals surface area contributed by atoms with Crippen molar-refractivity contribution in [3.05, 3.63) is 106 Å². The monoisotopic (exact) mass is 407 g/mol. The number of fused-ring (bicyclic) bond motifs is 4. The molecule has 0 aliphatic carbocycles. The second-order valence-electron chi connectivity index (χ2n) is 7.47. The summed E-state index contributed by atoms with van der Waals surface area (Å²) in [6, 6.07) is 0. The third-order valence-corrected chi connectivity index (χ3v) is 6.24. The standard InChI is InChI=1S/C24H17N5S/c1-29-13-24(30-14-29)22-11-21-10-19-5-4-17(26-19)8-15-2-3-16(25-15)9-18-6-7-20(27-18)12-23(22)28-21/h2-13H,14H2,1H3. The molecule has 144 valence electrons. The molecule has 0 aromatic heterocycles. The zero-order valence-electron chi connectivity index (χ0n) is 16.3. The molecule has 6 aliphatic rings. The molecule has 6 aliphatic heterocycles. The van der Waals surface area contributed by atoms with Gasteiger partial charge >= 0.3 is 0 Å². The van der Waals surface area contributed by atoms with Gasteiger partial charge < -0.3 is 4.90 Å². The molecule has 0 unspecified atom stereocenters. The first-order valence-corrected chi connectivity index (χ1v) is 10.7. The Morgan fingerprint density at radius 2 is 1.23 bits per heavy atom. The van der Waals surface area contributed by atoms with Crippen LogP contribution < -0.4 is 0 Å². The van der Waals surface area contributed by atoms with Gasteiger partial charge in [-0.1, -0.05) is 0 Å². The van der Waals surface area contributed by atoms with Crippen molar-refractivity contribution in [1.82, 2.24) is 4.90 Å². The highest BCUT2D eigenvalue weighted by Gasteiger charge is 2.23. The zero-order chi connectivity index (χ0) is 20.1. The minimum absolute atomic E-state index is 0.890. The molecule has 0 aromatic rings. The molecule has 30 heavy (non-hydrogen) atoms. The normalized spacial score (nSPS) is 23.4. The van der Waals surface area contributed by atoms with Gasteiger partial charge in [-0.3, -0.25) is 0 Å². The summed E-state index contributed by atoms with van der Waals surface area (Å²) in [6.45, 7) is 0. The van der Waals surface area contributed by atoms with E-state index >= 15 is 0 Å². The summed E-state index contributed by atoms with van der Waals surface area (Å²) in [5.41, 5.74) is 8.30. The number of nitrogens with zero attached hydrogens (tertiary/aromatic N) is 5. The molecule has 6 heteroatoms. The van der Waals surface area contributed by atoms with Crippen molar-refractivity contribution in [2.24, 2.45) is 20.0 Å². The molecule has 5 nitrogen and oxygen atoms in total. The summed E-state index contributed by atoms with van der Waals surface area (Å²) in [5, 5.41) is 0. The molecule has 0 amide bonds. The van der Waals surface area contributed by atoms with Gasteiger partial charge in [0.05, 0.1) is 51.5 Å². The van der Waals surface area contributed by atoms with Crippen molar-refractivity contribution in [3.8, 4) is 0 Å². The largest absolute Gasteiger partial charge is 0.370 e. The van der Waals surface area contributed by atoms with Crippen molar-refractivity contribution in [2.75, 3.05) is 12.9 Å². The van der Waals surface area contributed by atoms with Crippen molar-refractivity contribution in [3.63, 3.8) is 0 Å². The Hall–Kier alpha value is -3.51. The van der Waals surface area contributed by atoms with E-state index in [1.807, 2.05) is 66.4 Å². The summed E-state index contributed by atoms with van der Waals surface area (Å²) in [5.74, 6) is 0.949. The first-order chi connectivity index (χ1) is 14.7. The van der Waals surface area contributed by atoms with Crippen LogP contribution in [0.4, 0.5) is 0 Å². The fourth-order valence-electron chi connectivity index (χ4n) is 3.69. The summed E-state index contributed by atoms with van der Waals surface area (Å²) in [4.78, 5) is 22.4. The molecule has 6 rings (SSSR count). The van der Waals surface area contributed by atoms with Crippen LogP contribution in [0.25, 0.3) is 0 Å². The third kappa shape index (κ3) is 3.25. The van der Waals surface area contributed by atoms with Crippen LogP contribution >= 0.6 is 11.8 Å². The number of hydrogen-bond acceptors (Lipinski definition) is 6. The molecular weight excluding hydrogens is 390 g/mol. The molecular formula is C24H17N5S. The predicted molar refractivity (Wildman–Crippen MR) is 126 cm³/mol. The smallest absolute Gasteiger partial charge is 0.0743 e. The fraction of sp³-hybridized carbons (Fsp3) is 0.0833. The van der Waals surface area contributed by atoms with Gasteiger partial charge in [0.15, 0.2) is 0 Å². The molecule has 0 spiro atoms. The van der Waals surface area contributed by atoms with E-state index in [9.17, 15) is 0 Å². The Labute approximate surface area is 178 Å². The Bertz CT molecular complexity index is 1280. The summed E-state index contributed by atoms with van der Waals surface area (Å²) < 4.78 is 0. The minimum Gasteiger partial charge on any atom is -0.370 e. The van der Waals surface area contributed by atoms with Gasteiger partial charge in [-0.05, 0) is 66.8 Å². The number of rotatable bonds is 1. The predicted octanol–water partition coefficient (Wildman–Crippen LogP) is 4.43. The second kappa shape index (κ2) is 6.78. The maximum Gasteiger partial charge on any atom is 0.0743 e. The molecule has 0 atom stereocenters. The maximum absolute atomic E-state index is 4.89. The second-order valence-corrected chi connectivity index (χ2v) is 8.45. The Balaban J connectivity index is 1.49. The summed E-state index contributed by atoms with van der Waals surface area (Å²) in [6.07, 6.45) is 24.4. The van der Waals surface area contributed by atoms with E-state index in [-0.39, 0.29) is 0 Å². The van der Waals surface area contributed by atoms with E-state index < -0.39 is 0 Å². The van der Waals surface area contributed by atoms with E-state index in [0.29, 0.717) is 0 Å². The number of hydrogen-bond donors (Lipinski definition) is 0. The van der Waals surface area contributed by atoms with Crippen LogP contribution in [0.1, 0.15) is 0 Å². The van der Waals surface area contributed by atoms with E-state index in [1.54, 1.807) is 0 Å². The highest BCUT2D eigenvalue weighted by molar-refractivity contribution is 8.03. The minimum atomic E-state index is 0.890. The van der Waals surface area contributed by atoms with Gasteiger partial charge in [-0.25, -0.2) is 20.0 Å². The summed E-state index contributed by atoms with van der Waals surface area (Å²) >= 11 is 1.83. The molecule has 0 saturated heterocycles. The lowest BCUT2D eigenvalue weighted by molar-refractivity contribution is 0.550. The van der Waals surface area contributed by atoms with Crippen molar-refractivity contribution in [2.45, 2.75) is 0 Å². The van der Waals surface area contributed by atoms with Crippen LogP contribution in [-0.2, 0) is 0 Å². The highest BCUT2D eigenvalue weighted by atomic mass is 32.2. The lowest BCUT2D eigenvalue weighted by Gasteiger charge is -2.02. The van der Waals surface area contributed by atoms with Crippen LogP contribution in [0.15, 0.2) is 126 Å². The van der Waals surface area contributed by atoms with Gasteiger partial charge in [-0.2, -0.15) is 0 Å². The van der Waals surface area contributed by atoms with Gasteiger partial charge in [0.2, 0.25) is 0 Å².